The highest BCUT2D eigenvalue weighted by Crippen LogP contribution is 2.45. The highest BCUT2D eigenvalue weighted by Gasteiger charge is 2.54. The number of amides is 2. The number of non-ortho nitro benzene ring substituents is 1. The molecule has 37 heavy (non-hydrogen) atoms. The van der Waals surface area contributed by atoms with Gasteiger partial charge in [-0.15, -0.1) is 11.8 Å². The van der Waals surface area contributed by atoms with E-state index in [0.29, 0.717) is 21.4 Å². The second-order valence-electron chi connectivity index (χ2n) is 8.15. The molecule has 0 spiro atoms. The minimum atomic E-state index is -1.25. The first kappa shape index (κ1) is 24.6. The Morgan fingerprint density at radius 3 is 2.70 bits per heavy atom. The maximum atomic E-state index is 12.9. The van der Waals surface area contributed by atoms with E-state index in [9.17, 15) is 29.6 Å². The molecule has 0 radical (unpaired) electrons. The van der Waals surface area contributed by atoms with Crippen LogP contribution in [-0.4, -0.2) is 59.7 Å². The van der Waals surface area contributed by atoms with Gasteiger partial charge in [-0.3, -0.25) is 24.6 Å². The van der Waals surface area contributed by atoms with Crippen molar-refractivity contribution in [2.45, 2.75) is 22.9 Å². The molecule has 1 saturated heterocycles. The van der Waals surface area contributed by atoms with Crippen LogP contribution in [0.3, 0.4) is 0 Å². The summed E-state index contributed by atoms with van der Waals surface area (Å²) in [6, 6.07) is 15.9. The fraction of sp³-hybridized carbons (Fsp3) is 0.167. The van der Waals surface area contributed by atoms with Gasteiger partial charge in [-0.2, -0.15) is 5.10 Å². The molecule has 3 heterocycles. The lowest BCUT2D eigenvalue weighted by Gasteiger charge is -2.49. The average molecular weight is 538 g/mol. The number of carbonyl (C=O) groups excluding carboxylic acids is 2. The summed E-state index contributed by atoms with van der Waals surface area (Å²) in [6.07, 6.45) is 1.63. The Morgan fingerprint density at radius 1 is 1.19 bits per heavy atom. The summed E-state index contributed by atoms with van der Waals surface area (Å²) in [5.74, 6) is -1.75. The molecule has 2 aliphatic rings. The molecule has 1 aromatic heterocycles. The minimum absolute atomic E-state index is 0.100. The number of carboxylic acids is 1. The van der Waals surface area contributed by atoms with Crippen molar-refractivity contribution in [2.75, 3.05) is 5.75 Å². The number of nitro benzene ring substituents is 1. The molecule has 1 fully saturated rings. The van der Waals surface area contributed by atoms with Crippen LogP contribution in [-0.2, 0) is 20.8 Å². The first-order valence-electron chi connectivity index (χ1n) is 11.0. The van der Waals surface area contributed by atoms with Crippen molar-refractivity contribution in [3.8, 4) is 5.69 Å². The zero-order valence-corrected chi connectivity index (χ0v) is 20.6. The Bertz CT molecular complexity index is 1440. The number of carboxylic acid groups (broad SMARTS) is 1. The number of thioether (sulfide) groups is 2. The van der Waals surface area contributed by atoms with Crippen molar-refractivity contribution in [3.63, 3.8) is 0 Å². The summed E-state index contributed by atoms with van der Waals surface area (Å²) in [6.45, 7) is 0. The van der Waals surface area contributed by atoms with Gasteiger partial charge in [0.2, 0.25) is 5.91 Å². The third-order valence-electron chi connectivity index (χ3n) is 5.78. The van der Waals surface area contributed by atoms with Crippen LogP contribution in [0, 0.1) is 10.1 Å². The van der Waals surface area contributed by atoms with Gasteiger partial charge >= 0.3 is 5.97 Å². The Kier molecular flexibility index (Phi) is 6.72. The summed E-state index contributed by atoms with van der Waals surface area (Å²) in [5, 5.41) is 28.1. The van der Waals surface area contributed by atoms with Crippen molar-refractivity contribution < 1.29 is 24.4 Å². The second-order valence-corrected chi connectivity index (χ2v) is 10.4. The van der Waals surface area contributed by atoms with Crippen molar-refractivity contribution in [3.05, 3.63) is 93.1 Å². The molecule has 2 atom stereocenters. The van der Waals surface area contributed by atoms with Gasteiger partial charge in [-0.05, 0) is 17.7 Å². The lowest BCUT2D eigenvalue weighted by Crippen LogP contribution is -2.70. The van der Waals surface area contributed by atoms with Crippen LogP contribution >= 0.6 is 23.5 Å². The topological polar surface area (TPSA) is 148 Å². The number of fused-ring (bicyclic) bond motifs is 1. The molecule has 2 aliphatic heterocycles. The number of benzene rings is 2. The summed E-state index contributed by atoms with van der Waals surface area (Å²) < 4.78 is 1.48. The molecule has 0 aliphatic carbocycles. The summed E-state index contributed by atoms with van der Waals surface area (Å²) in [5.41, 5.74) is 1.02. The quantitative estimate of drug-likeness (QED) is 0.251. The Morgan fingerprint density at radius 2 is 1.97 bits per heavy atom. The number of nitrogens with zero attached hydrogens (tertiary/aromatic N) is 4. The maximum Gasteiger partial charge on any atom is 0.353 e. The molecule has 11 nitrogen and oxygen atoms in total. The van der Waals surface area contributed by atoms with E-state index in [0.717, 1.165) is 17.3 Å². The first-order valence-corrected chi connectivity index (χ1v) is 12.9. The van der Waals surface area contributed by atoms with Gasteiger partial charge in [-0.1, -0.05) is 48.2 Å². The highest BCUT2D eigenvalue weighted by atomic mass is 32.2. The number of nitro groups is 1. The third kappa shape index (κ3) is 4.82. The maximum absolute atomic E-state index is 12.9. The number of carbonyl (C=O) groups is 3. The largest absolute Gasteiger partial charge is 0.477 e. The number of nitrogens with one attached hydrogen (secondary N) is 1. The predicted octanol–water partition coefficient (Wildman–Crippen LogP) is 2.81. The molecule has 188 valence electrons. The molecule has 0 unspecified atom stereocenters. The smallest absolute Gasteiger partial charge is 0.353 e. The molecule has 2 amide bonds. The number of hydrogen-bond donors (Lipinski definition) is 2. The number of rotatable bonds is 8. The zero-order chi connectivity index (χ0) is 26.1. The van der Waals surface area contributed by atoms with Gasteiger partial charge in [0.05, 0.1) is 23.2 Å². The lowest BCUT2D eigenvalue weighted by molar-refractivity contribution is -0.384. The summed E-state index contributed by atoms with van der Waals surface area (Å²) >= 11 is 2.49. The van der Waals surface area contributed by atoms with Gasteiger partial charge in [0, 0.05) is 22.8 Å². The minimum Gasteiger partial charge on any atom is -0.477 e. The number of aromatic nitrogens is 2. The molecule has 0 saturated carbocycles. The standard InChI is InChI=1S/C24H19N5O6S2/c30-18(11-14-5-2-1-3-6-14)26-20-22(31)27-21(24(32)33)17(13-36-23(20)27)37-19-9-10-25-28(19)15-7-4-8-16(12-15)29(34)35/h1-10,12,20,23H,11,13H2,(H,26,30)(H,32,33)/t20-,23-/m1/s1. The monoisotopic (exact) mass is 537 g/mol. The Labute approximate surface area is 218 Å². The third-order valence-corrected chi connectivity index (χ3v) is 8.35. The first-order chi connectivity index (χ1) is 17.8. The SMILES string of the molecule is O=C(Cc1ccccc1)N[C@@H]1C(=O)N2C(C(=O)O)=C(Sc3ccnn3-c3cccc([N+](=O)[O-])c3)CS[C@H]12. The van der Waals surface area contributed by atoms with Crippen LogP contribution < -0.4 is 5.32 Å². The van der Waals surface area contributed by atoms with E-state index in [1.165, 1.54) is 45.7 Å². The van der Waals surface area contributed by atoms with Gasteiger partial charge < -0.3 is 10.4 Å². The zero-order valence-electron chi connectivity index (χ0n) is 19.0. The Balaban J connectivity index is 1.35. The van der Waals surface area contributed by atoms with Crippen LogP contribution in [0.2, 0.25) is 0 Å². The average Bonchev–Trinajstić information content (AvgIpc) is 3.35. The summed E-state index contributed by atoms with van der Waals surface area (Å²) in [4.78, 5) is 49.9. The summed E-state index contributed by atoms with van der Waals surface area (Å²) in [7, 11) is 0. The number of β-lactam (4-membered cyclic amide) rings is 1. The van der Waals surface area contributed by atoms with Crippen LogP contribution in [0.5, 0.6) is 0 Å². The van der Waals surface area contributed by atoms with E-state index in [4.69, 9.17) is 0 Å². The molecule has 2 N–H and O–H groups in total. The molecular formula is C24H19N5O6S2. The molecule has 0 bridgehead atoms. The van der Waals surface area contributed by atoms with E-state index >= 15 is 0 Å². The van der Waals surface area contributed by atoms with E-state index in [2.05, 4.69) is 10.4 Å². The van der Waals surface area contributed by atoms with E-state index in [-0.39, 0.29) is 23.7 Å². The van der Waals surface area contributed by atoms with Gasteiger partial charge in [0.15, 0.2) is 0 Å². The molecule has 5 rings (SSSR count). The van der Waals surface area contributed by atoms with Crippen LogP contribution in [0.1, 0.15) is 5.56 Å². The fourth-order valence-corrected chi connectivity index (χ4v) is 6.64. The molecule has 13 heteroatoms. The highest BCUT2D eigenvalue weighted by molar-refractivity contribution is 8.06. The van der Waals surface area contributed by atoms with E-state index in [1.54, 1.807) is 12.1 Å². The predicted molar refractivity (Wildman–Crippen MR) is 136 cm³/mol. The van der Waals surface area contributed by atoms with Crippen LogP contribution in [0.25, 0.3) is 5.69 Å². The number of aliphatic carboxylic acids is 1. The van der Waals surface area contributed by atoms with Crippen LogP contribution in [0.4, 0.5) is 5.69 Å². The van der Waals surface area contributed by atoms with Gasteiger partial charge in [-0.25, -0.2) is 9.48 Å². The fourth-order valence-electron chi connectivity index (χ4n) is 4.10. The number of hydrogen-bond acceptors (Lipinski definition) is 8. The van der Waals surface area contributed by atoms with Gasteiger partial charge in [0.25, 0.3) is 11.6 Å². The molecule has 2 aromatic carbocycles. The van der Waals surface area contributed by atoms with Crippen molar-refractivity contribution in [1.82, 2.24) is 20.0 Å². The van der Waals surface area contributed by atoms with E-state index in [1.807, 2.05) is 30.3 Å². The van der Waals surface area contributed by atoms with Crippen LogP contribution in [0.15, 0.2) is 82.5 Å². The molecule has 3 aromatic rings. The van der Waals surface area contributed by atoms with E-state index < -0.39 is 28.2 Å². The van der Waals surface area contributed by atoms with Crippen molar-refractivity contribution in [2.24, 2.45) is 0 Å². The van der Waals surface area contributed by atoms with Crippen molar-refractivity contribution >= 4 is 47.0 Å². The van der Waals surface area contributed by atoms with Gasteiger partial charge in [0.1, 0.15) is 22.1 Å². The van der Waals surface area contributed by atoms with Crippen molar-refractivity contribution in [1.29, 1.82) is 0 Å². The normalized spacial score (nSPS) is 18.7. The lowest BCUT2D eigenvalue weighted by atomic mass is 10.0. The Hall–Kier alpha value is -4.10. The molecular weight excluding hydrogens is 518 g/mol. The second kappa shape index (κ2) is 10.1.